The van der Waals surface area contributed by atoms with Crippen molar-refractivity contribution in [3.8, 4) is 21.9 Å². The maximum Gasteiger partial charge on any atom is 0.260 e. The van der Waals surface area contributed by atoms with Gasteiger partial charge in [-0.25, -0.2) is 4.98 Å². The summed E-state index contributed by atoms with van der Waals surface area (Å²) >= 11 is 4.85. The van der Waals surface area contributed by atoms with Gasteiger partial charge < -0.3 is 14.5 Å². The molecule has 3 aromatic heterocycles. The van der Waals surface area contributed by atoms with Crippen molar-refractivity contribution in [2.24, 2.45) is 0 Å². The van der Waals surface area contributed by atoms with Crippen molar-refractivity contribution in [1.82, 2.24) is 9.97 Å². The van der Waals surface area contributed by atoms with Crippen LogP contribution >= 0.6 is 34.4 Å². The third kappa shape index (κ3) is 4.49. The number of fused-ring (bicyclic) bond motifs is 1. The predicted octanol–water partition coefficient (Wildman–Crippen LogP) is 5.59. The molecule has 3 heterocycles. The molecule has 0 saturated carbocycles. The Kier molecular flexibility index (Phi) is 6.22. The summed E-state index contributed by atoms with van der Waals surface area (Å²) in [4.78, 5) is 22.3. The van der Waals surface area contributed by atoms with Crippen molar-refractivity contribution in [1.29, 1.82) is 0 Å². The molecule has 4 rings (SSSR count). The summed E-state index contributed by atoms with van der Waals surface area (Å²) in [6.45, 7) is 2.63. The van der Waals surface area contributed by atoms with Gasteiger partial charge in [0.1, 0.15) is 22.2 Å². The molecule has 0 aliphatic rings. The van der Waals surface area contributed by atoms with Crippen molar-refractivity contribution in [3.63, 3.8) is 0 Å². The van der Waals surface area contributed by atoms with Crippen molar-refractivity contribution in [2.45, 2.75) is 12.2 Å². The van der Waals surface area contributed by atoms with E-state index >= 15 is 0 Å². The van der Waals surface area contributed by atoms with E-state index in [9.17, 15) is 4.79 Å². The lowest BCUT2D eigenvalue weighted by Gasteiger charge is -2.11. The molecule has 0 spiro atoms. The second kappa shape index (κ2) is 9.02. The monoisotopic (exact) mass is 444 g/mol. The van der Waals surface area contributed by atoms with Crippen LogP contribution in [-0.2, 0) is 0 Å². The van der Waals surface area contributed by atoms with Crippen LogP contribution in [0.25, 0.3) is 20.7 Å². The molecule has 1 aromatic carbocycles. The van der Waals surface area contributed by atoms with Gasteiger partial charge in [0, 0.05) is 21.6 Å². The standard InChI is InChI=1S/C21H20N2O3S3/c1-13(27-11-9-26-15-7-5-14(25-2)6-8-15)19-22-20(24)18-16(12-29-21(18)23-19)17-4-3-10-28-17/h3-8,10,12-13H,9,11H2,1-2H3,(H,22,23,24)/t13-/m0/s1. The van der Waals surface area contributed by atoms with Gasteiger partial charge in [-0.05, 0) is 42.6 Å². The van der Waals surface area contributed by atoms with Gasteiger partial charge in [0.2, 0.25) is 0 Å². The summed E-state index contributed by atoms with van der Waals surface area (Å²) < 4.78 is 10.9. The highest BCUT2D eigenvalue weighted by Gasteiger charge is 2.16. The van der Waals surface area contributed by atoms with Crippen LogP contribution in [0.4, 0.5) is 0 Å². The topological polar surface area (TPSA) is 64.2 Å². The molecule has 0 radical (unpaired) electrons. The number of aromatic amines is 1. The van der Waals surface area contributed by atoms with Gasteiger partial charge in [-0.15, -0.1) is 34.4 Å². The zero-order valence-electron chi connectivity index (χ0n) is 16.0. The minimum absolute atomic E-state index is 0.0684. The lowest BCUT2D eigenvalue weighted by molar-refractivity contribution is 0.342. The van der Waals surface area contributed by atoms with Gasteiger partial charge >= 0.3 is 0 Å². The number of benzene rings is 1. The molecule has 1 N–H and O–H groups in total. The molecule has 29 heavy (non-hydrogen) atoms. The van der Waals surface area contributed by atoms with E-state index in [1.807, 2.05) is 47.2 Å². The molecule has 0 aliphatic carbocycles. The van der Waals surface area contributed by atoms with Crippen molar-refractivity contribution < 1.29 is 9.47 Å². The largest absolute Gasteiger partial charge is 0.497 e. The number of rotatable bonds is 8. The fourth-order valence-corrected chi connectivity index (χ4v) is 5.48. The van der Waals surface area contributed by atoms with E-state index in [2.05, 4.69) is 11.9 Å². The second-order valence-electron chi connectivity index (χ2n) is 6.30. The summed E-state index contributed by atoms with van der Waals surface area (Å²) in [5.41, 5.74) is 0.894. The summed E-state index contributed by atoms with van der Waals surface area (Å²) in [6.07, 6.45) is 0. The number of H-pyrrole nitrogens is 1. The van der Waals surface area contributed by atoms with Gasteiger partial charge in [0.25, 0.3) is 5.56 Å². The third-order valence-corrected chi connectivity index (χ3v) is 7.31. The Labute approximate surface area is 180 Å². The van der Waals surface area contributed by atoms with Gasteiger partial charge in [-0.3, -0.25) is 4.79 Å². The molecule has 0 amide bonds. The molecular formula is C21H20N2O3S3. The van der Waals surface area contributed by atoms with Crippen LogP contribution in [0.3, 0.4) is 0 Å². The summed E-state index contributed by atoms with van der Waals surface area (Å²) in [6, 6.07) is 11.6. The van der Waals surface area contributed by atoms with Crippen LogP contribution < -0.4 is 15.0 Å². The Morgan fingerprint density at radius 1 is 1.17 bits per heavy atom. The first-order valence-electron chi connectivity index (χ1n) is 9.09. The minimum Gasteiger partial charge on any atom is -0.497 e. The highest BCUT2D eigenvalue weighted by molar-refractivity contribution is 7.99. The van der Waals surface area contributed by atoms with E-state index < -0.39 is 0 Å². The minimum atomic E-state index is -0.0726. The summed E-state index contributed by atoms with van der Waals surface area (Å²) in [5, 5.41) is 4.78. The van der Waals surface area contributed by atoms with Crippen molar-refractivity contribution in [2.75, 3.05) is 19.5 Å². The third-order valence-electron chi connectivity index (χ3n) is 4.41. The first kappa shape index (κ1) is 20.0. The molecule has 5 nitrogen and oxygen atoms in total. The summed E-state index contributed by atoms with van der Waals surface area (Å²) in [7, 11) is 1.64. The van der Waals surface area contributed by atoms with E-state index in [0.29, 0.717) is 17.8 Å². The number of aromatic nitrogens is 2. The predicted molar refractivity (Wildman–Crippen MR) is 123 cm³/mol. The molecule has 0 saturated heterocycles. The van der Waals surface area contributed by atoms with E-state index in [-0.39, 0.29) is 10.8 Å². The zero-order valence-corrected chi connectivity index (χ0v) is 18.5. The maximum absolute atomic E-state index is 12.7. The lowest BCUT2D eigenvalue weighted by atomic mass is 10.2. The van der Waals surface area contributed by atoms with E-state index in [4.69, 9.17) is 14.5 Å². The number of ether oxygens (including phenoxy) is 2. The van der Waals surface area contributed by atoms with Crippen molar-refractivity contribution >= 4 is 44.7 Å². The molecule has 8 heteroatoms. The average Bonchev–Trinajstić information content (AvgIpc) is 3.41. The molecule has 4 aromatic rings. The molecule has 150 valence electrons. The fourth-order valence-electron chi connectivity index (χ4n) is 2.91. The quantitative estimate of drug-likeness (QED) is 0.359. The first-order valence-corrected chi connectivity index (χ1v) is 11.9. The Balaban J connectivity index is 1.39. The van der Waals surface area contributed by atoms with Crippen LogP contribution in [0.15, 0.2) is 52.0 Å². The number of thioether (sulfide) groups is 1. The van der Waals surface area contributed by atoms with Gasteiger partial charge in [0.05, 0.1) is 24.4 Å². The van der Waals surface area contributed by atoms with Gasteiger partial charge in [0.15, 0.2) is 0 Å². The molecule has 0 bridgehead atoms. The van der Waals surface area contributed by atoms with Crippen LogP contribution in [0.1, 0.15) is 18.0 Å². The Hall–Kier alpha value is -2.29. The van der Waals surface area contributed by atoms with Crippen molar-refractivity contribution in [3.05, 3.63) is 63.3 Å². The van der Waals surface area contributed by atoms with E-state index in [1.165, 1.54) is 11.3 Å². The fraction of sp³-hybridized carbons (Fsp3) is 0.238. The molecule has 1 atom stereocenters. The van der Waals surface area contributed by atoms with Crippen LogP contribution in [0, 0.1) is 0 Å². The second-order valence-corrected chi connectivity index (χ2v) is 9.55. The first-order chi connectivity index (χ1) is 14.2. The smallest absolute Gasteiger partial charge is 0.260 e. The van der Waals surface area contributed by atoms with E-state index in [1.54, 1.807) is 30.2 Å². The highest BCUT2D eigenvalue weighted by Crippen LogP contribution is 2.34. The Morgan fingerprint density at radius 3 is 2.69 bits per heavy atom. The van der Waals surface area contributed by atoms with Crippen LogP contribution in [0.2, 0.25) is 0 Å². The normalized spacial score (nSPS) is 12.2. The van der Waals surface area contributed by atoms with Crippen LogP contribution in [0.5, 0.6) is 11.5 Å². The lowest BCUT2D eigenvalue weighted by Crippen LogP contribution is -2.13. The molecule has 0 unspecified atom stereocenters. The number of hydrogen-bond acceptors (Lipinski definition) is 7. The van der Waals surface area contributed by atoms with E-state index in [0.717, 1.165) is 32.5 Å². The van der Waals surface area contributed by atoms with Gasteiger partial charge in [-0.1, -0.05) is 6.07 Å². The highest BCUT2D eigenvalue weighted by atomic mass is 32.2. The number of hydrogen-bond donors (Lipinski definition) is 1. The number of methoxy groups -OCH3 is 1. The molecule has 0 aliphatic heterocycles. The zero-order chi connectivity index (χ0) is 20.2. The average molecular weight is 445 g/mol. The maximum atomic E-state index is 12.7. The number of nitrogens with one attached hydrogen (secondary N) is 1. The van der Waals surface area contributed by atoms with Gasteiger partial charge in [-0.2, -0.15) is 0 Å². The SMILES string of the molecule is COc1ccc(OCCS[C@@H](C)c2nc3scc(-c4cccs4)c3c(=O)[nH]2)cc1. The number of nitrogens with zero attached hydrogens (tertiary/aromatic N) is 1. The van der Waals surface area contributed by atoms with Crippen LogP contribution in [-0.4, -0.2) is 29.4 Å². The Bertz CT molecular complexity index is 1130. The molecular weight excluding hydrogens is 424 g/mol. The number of thiophene rings is 2. The molecule has 0 fully saturated rings. The Morgan fingerprint density at radius 2 is 1.97 bits per heavy atom. The summed E-state index contributed by atoms with van der Waals surface area (Å²) in [5.74, 6) is 3.12.